The van der Waals surface area contributed by atoms with Crippen LogP contribution in [0.5, 0.6) is 5.75 Å². The maximum atomic E-state index is 12.4. The minimum absolute atomic E-state index is 0.0925. The Hall–Kier alpha value is -2.66. The lowest BCUT2D eigenvalue weighted by molar-refractivity contribution is 0.0769. The van der Waals surface area contributed by atoms with Crippen LogP contribution < -0.4 is 4.74 Å². The van der Waals surface area contributed by atoms with E-state index < -0.39 is 0 Å². The number of amides is 1. The van der Waals surface area contributed by atoms with Crippen LogP contribution in [-0.2, 0) is 0 Å². The third-order valence-electron chi connectivity index (χ3n) is 3.53. The molecule has 1 heterocycles. The van der Waals surface area contributed by atoms with Gasteiger partial charge in [-0.15, -0.1) is 11.3 Å². The molecular formula is C19H18N2O2S. The van der Waals surface area contributed by atoms with E-state index in [4.69, 9.17) is 4.74 Å². The van der Waals surface area contributed by atoms with Crippen molar-refractivity contribution in [2.24, 2.45) is 0 Å². The summed E-state index contributed by atoms with van der Waals surface area (Å²) in [7, 11) is 1.76. The molecular weight excluding hydrogens is 320 g/mol. The smallest absolute Gasteiger partial charge is 0.273 e. The number of aromatic nitrogens is 1. The maximum absolute atomic E-state index is 12.4. The van der Waals surface area contributed by atoms with Gasteiger partial charge in [-0.05, 0) is 12.1 Å². The molecule has 0 radical (unpaired) electrons. The molecule has 0 aliphatic carbocycles. The van der Waals surface area contributed by atoms with Crippen molar-refractivity contribution in [2.75, 3.05) is 20.2 Å². The van der Waals surface area contributed by atoms with Gasteiger partial charge >= 0.3 is 0 Å². The molecule has 0 atom stereocenters. The summed E-state index contributed by atoms with van der Waals surface area (Å²) in [4.78, 5) is 18.5. The molecule has 1 aromatic heterocycles. The third-order valence-corrected chi connectivity index (χ3v) is 4.42. The molecule has 3 aromatic rings. The highest BCUT2D eigenvalue weighted by molar-refractivity contribution is 7.13. The van der Waals surface area contributed by atoms with Crippen molar-refractivity contribution >= 4 is 17.2 Å². The molecule has 0 aliphatic rings. The summed E-state index contributed by atoms with van der Waals surface area (Å²) in [5.74, 6) is 0.712. The highest BCUT2D eigenvalue weighted by Gasteiger charge is 2.16. The van der Waals surface area contributed by atoms with Gasteiger partial charge in [0.05, 0.1) is 6.54 Å². The number of hydrogen-bond acceptors (Lipinski definition) is 4. The number of hydrogen-bond donors (Lipinski definition) is 0. The molecule has 0 spiro atoms. The summed E-state index contributed by atoms with van der Waals surface area (Å²) in [5, 5.41) is 2.66. The summed E-state index contributed by atoms with van der Waals surface area (Å²) in [5.41, 5.74) is 1.50. The van der Waals surface area contributed by atoms with E-state index in [0.717, 1.165) is 16.3 Å². The van der Waals surface area contributed by atoms with Crippen LogP contribution in [0.25, 0.3) is 10.6 Å². The van der Waals surface area contributed by atoms with Crippen molar-refractivity contribution < 1.29 is 9.53 Å². The Morgan fingerprint density at radius 3 is 2.46 bits per heavy atom. The van der Waals surface area contributed by atoms with Crippen molar-refractivity contribution in [1.29, 1.82) is 0 Å². The van der Waals surface area contributed by atoms with E-state index in [1.807, 2.05) is 60.7 Å². The minimum atomic E-state index is -0.0925. The van der Waals surface area contributed by atoms with E-state index in [1.165, 1.54) is 11.3 Å². The van der Waals surface area contributed by atoms with Crippen LogP contribution in [0.15, 0.2) is 66.0 Å². The Kier molecular flexibility index (Phi) is 5.23. The van der Waals surface area contributed by atoms with E-state index in [-0.39, 0.29) is 5.91 Å². The summed E-state index contributed by atoms with van der Waals surface area (Å²) >= 11 is 1.48. The zero-order valence-corrected chi connectivity index (χ0v) is 14.2. The van der Waals surface area contributed by atoms with Gasteiger partial charge in [0.15, 0.2) is 0 Å². The summed E-state index contributed by atoms with van der Waals surface area (Å²) in [6.07, 6.45) is 0. The number of thiazole rings is 1. The van der Waals surface area contributed by atoms with Crippen molar-refractivity contribution in [3.05, 3.63) is 71.7 Å². The minimum Gasteiger partial charge on any atom is -0.492 e. The largest absolute Gasteiger partial charge is 0.492 e. The van der Waals surface area contributed by atoms with Gasteiger partial charge in [-0.25, -0.2) is 4.98 Å². The zero-order valence-electron chi connectivity index (χ0n) is 13.4. The van der Waals surface area contributed by atoms with E-state index in [1.54, 1.807) is 17.3 Å². The van der Waals surface area contributed by atoms with Gasteiger partial charge < -0.3 is 9.64 Å². The summed E-state index contributed by atoms with van der Waals surface area (Å²) in [6, 6.07) is 19.4. The Balaban J connectivity index is 1.57. The molecule has 0 unspecified atom stereocenters. The number of likely N-dealkylation sites (N-methyl/N-ethyl adjacent to an activating group) is 1. The molecule has 0 aliphatic heterocycles. The average molecular weight is 338 g/mol. The van der Waals surface area contributed by atoms with Crippen LogP contribution in [0.3, 0.4) is 0 Å². The number of benzene rings is 2. The predicted molar refractivity (Wildman–Crippen MR) is 96.4 cm³/mol. The molecule has 3 rings (SSSR count). The Morgan fingerprint density at radius 1 is 1.08 bits per heavy atom. The Morgan fingerprint density at radius 2 is 1.75 bits per heavy atom. The first-order valence-corrected chi connectivity index (χ1v) is 8.56. The van der Waals surface area contributed by atoms with E-state index in [9.17, 15) is 4.79 Å². The first kappa shape index (κ1) is 16.2. The molecule has 0 fully saturated rings. The van der Waals surface area contributed by atoms with Crippen LogP contribution in [0, 0.1) is 0 Å². The fourth-order valence-electron chi connectivity index (χ4n) is 2.20. The predicted octanol–water partition coefficient (Wildman–Crippen LogP) is 3.96. The molecule has 0 bridgehead atoms. The standard InChI is InChI=1S/C19H18N2O2S/c1-21(12-13-23-16-10-6-3-7-11-16)19(22)17-14-24-18(20-17)15-8-4-2-5-9-15/h2-11,14H,12-13H2,1H3. The van der Waals surface area contributed by atoms with Gasteiger partial charge in [-0.2, -0.15) is 0 Å². The molecule has 0 N–H and O–H groups in total. The van der Waals surface area contributed by atoms with Crippen molar-refractivity contribution in [3.8, 4) is 16.3 Å². The van der Waals surface area contributed by atoms with Crippen molar-refractivity contribution in [2.45, 2.75) is 0 Å². The van der Waals surface area contributed by atoms with Crippen molar-refractivity contribution in [3.63, 3.8) is 0 Å². The fourth-order valence-corrected chi connectivity index (χ4v) is 3.00. The van der Waals surface area contributed by atoms with Gasteiger partial charge in [-0.1, -0.05) is 48.5 Å². The van der Waals surface area contributed by atoms with Gasteiger partial charge in [0.1, 0.15) is 23.1 Å². The van der Waals surface area contributed by atoms with Crippen LogP contribution in [-0.4, -0.2) is 36.0 Å². The summed E-state index contributed by atoms with van der Waals surface area (Å²) < 4.78 is 5.63. The van der Waals surface area contributed by atoms with Gasteiger partial charge in [0, 0.05) is 18.0 Å². The average Bonchev–Trinajstić information content (AvgIpc) is 3.13. The van der Waals surface area contributed by atoms with E-state index in [2.05, 4.69) is 4.98 Å². The van der Waals surface area contributed by atoms with Crippen LogP contribution in [0.2, 0.25) is 0 Å². The highest BCUT2D eigenvalue weighted by atomic mass is 32.1. The molecule has 5 heteroatoms. The molecule has 0 saturated carbocycles. The fraction of sp³-hybridized carbons (Fsp3) is 0.158. The number of nitrogens with zero attached hydrogens (tertiary/aromatic N) is 2. The zero-order chi connectivity index (χ0) is 16.8. The second-order valence-corrected chi connectivity index (χ2v) is 6.15. The first-order valence-electron chi connectivity index (χ1n) is 7.68. The highest BCUT2D eigenvalue weighted by Crippen LogP contribution is 2.23. The number of ether oxygens (including phenoxy) is 1. The summed E-state index contributed by atoms with van der Waals surface area (Å²) in [6.45, 7) is 0.952. The number of rotatable bonds is 6. The third kappa shape index (κ3) is 4.00. The first-order chi connectivity index (χ1) is 11.7. The molecule has 0 saturated heterocycles. The normalized spacial score (nSPS) is 10.4. The molecule has 122 valence electrons. The maximum Gasteiger partial charge on any atom is 0.273 e. The lowest BCUT2D eigenvalue weighted by atomic mass is 10.2. The lowest BCUT2D eigenvalue weighted by Crippen LogP contribution is -2.31. The lowest BCUT2D eigenvalue weighted by Gasteiger charge is -2.16. The van der Waals surface area contributed by atoms with Crippen molar-refractivity contribution in [1.82, 2.24) is 9.88 Å². The molecule has 1 amide bonds. The topological polar surface area (TPSA) is 42.4 Å². The van der Waals surface area contributed by atoms with Crippen LogP contribution >= 0.6 is 11.3 Å². The monoisotopic (exact) mass is 338 g/mol. The Labute approximate surface area is 145 Å². The SMILES string of the molecule is CN(CCOc1ccccc1)C(=O)c1csc(-c2ccccc2)n1. The van der Waals surface area contributed by atoms with Gasteiger partial charge in [0.25, 0.3) is 5.91 Å². The van der Waals surface area contributed by atoms with Crippen LogP contribution in [0.4, 0.5) is 0 Å². The quantitative estimate of drug-likeness (QED) is 0.683. The van der Waals surface area contributed by atoms with Crippen LogP contribution in [0.1, 0.15) is 10.5 Å². The molecule has 24 heavy (non-hydrogen) atoms. The second kappa shape index (κ2) is 7.75. The number of carbonyl (C=O) groups is 1. The molecule has 4 nitrogen and oxygen atoms in total. The number of para-hydroxylation sites is 1. The van der Waals surface area contributed by atoms with E-state index >= 15 is 0 Å². The molecule has 2 aromatic carbocycles. The van der Waals surface area contributed by atoms with Gasteiger partial charge in [-0.3, -0.25) is 4.79 Å². The number of carbonyl (C=O) groups excluding carboxylic acids is 1. The Bertz CT molecular complexity index is 787. The van der Waals surface area contributed by atoms with Gasteiger partial charge in [0.2, 0.25) is 0 Å². The van der Waals surface area contributed by atoms with E-state index in [0.29, 0.717) is 18.8 Å². The second-order valence-electron chi connectivity index (χ2n) is 5.29.